The van der Waals surface area contributed by atoms with E-state index in [2.05, 4.69) is 17.6 Å². The van der Waals surface area contributed by atoms with E-state index in [0.717, 1.165) is 12.3 Å². The molecule has 2 saturated heterocycles. The monoisotopic (exact) mass is 250 g/mol. The summed E-state index contributed by atoms with van der Waals surface area (Å²) >= 11 is 0. The van der Waals surface area contributed by atoms with Crippen molar-refractivity contribution in [3.8, 4) is 0 Å². The van der Waals surface area contributed by atoms with Gasteiger partial charge in [-0.3, -0.25) is 4.79 Å². The van der Waals surface area contributed by atoms with Gasteiger partial charge in [0.2, 0.25) is 5.91 Å². The zero-order chi connectivity index (χ0) is 12.5. The Morgan fingerprint density at radius 1 is 1.11 bits per heavy atom. The Morgan fingerprint density at radius 2 is 2.00 bits per heavy atom. The molecule has 3 fully saturated rings. The van der Waals surface area contributed by atoms with Gasteiger partial charge in [0.25, 0.3) is 0 Å². The van der Waals surface area contributed by atoms with Crippen molar-refractivity contribution >= 4 is 5.91 Å². The van der Waals surface area contributed by atoms with Crippen molar-refractivity contribution in [3.05, 3.63) is 0 Å². The average molecular weight is 250 g/mol. The van der Waals surface area contributed by atoms with Gasteiger partial charge in [-0.1, -0.05) is 19.8 Å². The van der Waals surface area contributed by atoms with Crippen LogP contribution in [-0.2, 0) is 4.79 Å². The first-order chi connectivity index (χ1) is 8.72. The van der Waals surface area contributed by atoms with E-state index < -0.39 is 0 Å². The Kier molecular flexibility index (Phi) is 3.60. The highest BCUT2D eigenvalue weighted by molar-refractivity contribution is 5.80. The lowest BCUT2D eigenvalue weighted by Gasteiger charge is -2.23. The number of hydrogen-bond donors (Lipinski definition) is 2. The molecule has 102 valence electrons. The van der Waals surface area contributed by atoms with Crippen LogP contribution in [0.25, 0.3) is 0 Å². The maximum absolute atomic E-state index is 12.3. The molecule has 18 heavy (non-hydrogen) atoms. The molecule has 0 aromatic carbocycles. The summed E-state index contributed by atoms with van der Waals surface area (Å²) in [7, 11) is 0. The van der Waals surface area contributed by atoms with Crippen molar-refractivity contribution in [1.29, 1.82) is 0 Å². The number of carbonyl (C=O) groups excluding carboxylic acids is 1. The van der Waals surface area contributed by atoms with Gasteiger partial charge in [-0.25, -0.2) is 0 Å². The Hall–Kier alpha value is -0.570. The van der Waals surface area contributed by atoms with Crippen LogP contribution in [0.1, 0.15) is 58.3 Å². The van der Waals surface area contributed by atoms with Gasteiger partial charge < -0.3 is 10.6 Å². The number of amides is 1. The van der Waals surface area contributed by atoms with Crippen LogP contribution in [0.2, 0.25) is 0 Å². The van der Waals surface area contributed by atoms with Crippen LogP contribution in [0, 0.1) is 11.8 Å². The maximum atomic E-state index is 12.3. The van der Waals surface area contributed by atoms with Crippen LogP contribution in [0.3, 0.4) is 0 Å². The van der Waals surface area contributed by atoms with Crippen molar-refractivity contribution in [3.63, 3.8) is 0 Å². The second-order valence-corrected chi connectivity index (χ2v) is 6.71. The lowest BCUT2D eigenvalue weighted by Crippen LogP contribution is -2.42. The molecule has 3 nitrogen and oxygen atoms in total. The molecule has 1 aliphatic carbocycles. The van der Waals surface area contributed by atoms with Crippen molar-refractivity contribution in [2.24, 2.45) is 11.8 Å². The standard InChI is InChI=1S/C15H26N2O/c1-10-3-2-4-11(6-5-10)17-15(18)13-9-12-7-8-14(13)16-12/h10-14,16H,2-9H2,1H3,(H,17,18). The minimum Gasteiger partial charge on any atom is -0.353 e. The number of fused-ring (bicyclic) bond motifs is 2. The highest BCUT2D eigenvalue weighted by Crippen LogP contribution is 2.33. The quantitative estimate of drug-likeness (QED) is 0.738. The van der Waals surface area contributed by atoms with Gasteiger partial charge >= 0.3 is 0 Å². The molecule has 3 aliphatic rings. The summed E-state index contributed by atoms with van der Waals surface area (Å²) < 4.78 is 0. The molecule has 0 aromatic heterocycles. The minimum atomic E-state index is 0.254. The molecule has 0 spiro atoms. The number of hydrogen-bond acceptors (Lipinski definition) is 2. The molecule has 2 aliphatic heterocycles. The predicted octanol–water partition coefficient (Wildman–Crippen LogP) is 2.21. The van der Waals surface area contributed by atoms with Crippen LogP contribution >= 0.6 is 0 Å². The summed E-state index contributed by atoms with van der Waals surface area (Å²) in [4.78, 5) is 12.3. The van der Waals surface area contributed by atoms with Crippen LogP contribution < -0.4 is 10.6 Å². The smallest absolute Gasteiger partial charge is 0.224 e. The predicted molar refractivity (Wildman–Crippen MR) is 72.2 cm³/mol. The third-order valence-electron chi connectivity index (χ3n) is 5.24. The molecule has 5 atom stereocenters. The summed E-state index contributed by atoms with van der Waals surface area (Å²) in [6, 6.07) is 1.54. The topological polar surface area (TPSA) is 41.1 Å². The maximum Gasteiger partial charge on any atom is 0.224 e. The highest BCUT2D eigenvalue weighted by Gasteiger charge is 2.43. The van der Waals surface area contributed by atoms with Crippen molar-refractivity contribution in [1.82, 2.24) is 10.6 Å². The molecule has 1 saturated carbocycles. The van der Waals surface area contributed by atoms with Gasteiger partial charge in [-0.15, -0.1) is 0 Å². The Bertz CT molecular complexity index is 318. The van der Waals surface area contributed by atoms with E-state index in [0.29, 0.717) is 24.0 Å². The van der Waals surface area contributed by atoms with Crippen LogP contribution in [0.15, 0.2) is 0 Å². The van der Waals surface area contributed by atoms with E-state index in [1.54, 1.807) is 0 Å². The fourth-order valence-corrected chi connectivity index (χ4v) is 4.05. The fourth-order valence-electron chi connectivity index (χ4n) is 4.05. The molecular formula is C15H26N2O. The van der Waals surface area contributed by atoms with Gasteiger partial charge in [0, 0.05) is 18.1 Å². The van der Waals surface area contributed by atoms with Gasteiger partial charge in [0.05, 0.1) is 5.92 Å². The molecule has 0 radical (unpaired) electrons. The summed E-state index contributed by atoms with van der Waals surface area (Å²) in [6.07, 6.45) is 9.80. The Labute approximate surface area is 110 Å². The lowest BCUT2D eigenvalue weighted by molar-refractivity contribution is -0.126. The normalized spacial score (nSPS) is 43.7. The summed E-state index contributed by atoms with van der Waals surface area (Å²) in [6.45, 7) is 2.34. The average Bonchev–Trinajstić information content (AvgIpc) is 2.92. The van der Waals surface area contributed by atoms with E-state index in [9.17, 15) is 4.79 Å². The summed E-state index contributed by atoms with van der Waals surface area (Å²) in [5.74, 6) is 1.43. The van der Waals surface area contributed by atoms with Crippen molar-refractivity contribution in [2.45, 2.75) is 76.4 Å². The van der Waals surface area contributed by atoms with E-state index >= 15 is 0 Å². The minimum absolute atomic E-state index is 0.254. The number of nitrogens with one attached hydrogen (secondary N) is 2. The van der Waals surface area contributed by atoms with E-state index in [1.807, 2.05) is 0 Å². The molecule has 5 unspecified atom stereocenters. The molecule has 3 heteroatoms. The molecule has 2 N–H and O–H groups in total. The second-order valence-electron chi connectivity index (χ2n) is 6.71. The van der Waals surface area contributed by atoms with Crippen molar-refractivity contribution in [2.75, 3.05) is 0 Å². The zero-order valence-corrected chi connectivity index (χ0v) is 11.5. The number of carbonyl (C=O) groups is 1. The number of rotatable bonds is 2. The third-order valence-corrected chi connectivity index (χ3v) is 5.24. The van der Waals surface area contributed by atoms with E-state index in [1.165, 1.54) is 44.9 Å². The van der Waals surface area contributed by atoms with Gasteiger partial charge in [0.1, 0.15) is 0 Å². The first kappa shape index (κ1) is 12.5. The third kappa shape index (κ3) is 2.56. The molecular weight excluding hydrogens is 224 g/mol. The van der Waals surface area contributed by atoms with E-state index in [4.69, 9.17) is 0 Å². The van der Waals surface area contributed by atoms with Crippen LogP contribution in [0.4, 0.5) is 0 Å². The summed E-state index contributed by atoms with van der Waals surface area (Å²) in [5.41, 5.74) is 0. The SMILES string of the molecule is CC1CCCC(NC(=O)C2CC3CCC2N3)CC1. The molecule has 3 rings (SSSR count). The van der Waals surface area contributed by atoms with Crippen molar-refractivity contribution < 1.29 is 4.79 Å². The molecule has 0 aromatic rings. The first-order valence-electron chi connectivity index (χ1n) is 7.79. The molecule has 2 heterocycles. The zero-order valence-electron chi connectivity index (χ0n) is 11.5. The second kappa shape index (κ2) is 5.20. The molecule has 1 amide bonds. The molecule has 2 bridgehead atoms. The van der Waals surface area contributed by atoms with Gasteiger partial charge in [-0.05, 0) is 44.4 Å². The summed E-state index contributed by atoms with van der Waals surface area (Å²) in [5, 5.41) is 6.88. The Balaban J connectivity index is 1.51. The first-order valence-corrected chi connectivity index (χ1v) is 7.79. The van der Waals surface area contributed by atoms with Crippen LogP contribution in [-0.4, -0.2) is 24.0 Å². The van der Waals surface area contributed by atoms with Gasteiger partial charge in [0.15, 0.2) is 0 Å². The van der Waals surface area contributed by atoms with E-state index in [-0.39, 0.29) is 5.92 Å². The highest BCUT2D eigenvalue weighted by atomic mass is 16.2. The Morgan fingerprint density at radius 3 is 2.72 bits per heavy atom. The van der Waals surface area contributed by atoms with Gasteiger partial charge in [-0.2, -0.15) is 0 Å². The van der Waals surface area contributed by atoms with Crippen LogP contribution in [0.5, 0.6) is 0 Å². The largest absolute Gasteiger partial charge is 0.353 e. The fraction of sp³-hybridized carbons (Fsp3) is 0.933. The lowest BCUT2D eigenvalue weighted by atomic mass is 9.88.